The Hall–Kier alpha value is -2.56. The number of Topliss-reactive ketones (excluding diaryl/α,β-unsaturated/α-hetero) is 1. The number of methoxy groups -OCH3 is 1. The molecule has 120 valence electrons. The summed E-state index contributed by atoms with van der Waals surface area (Å²) in [6.07, 6.45) is -1.30. The third-order valence-electron chi connectivity index (χ3n) is 2.68. The molecule has 0 aromatic heterocycles. The first-order valence-corrected chi connectivity index (χ1v) is 6.49. The van der Waals surface area contributed by atoms with Gasteiger partial charge in [-0.2, -0.15) is 10.1 Å². The topological polar surface area (TPSA) is 142 Å². The summed E-state index contributed by atoms with van der Waals surface area (Å²) in [4.78, 5) is 37.5. The maximum absolute atomic E-state index is 11.9. The number of esters is 1. The number of nitrogens with one attached hydrogen (secondary N) is 1. The zero-order chi connectivity index (χ0) is 17.1. The minimum Gasteiger partial charge on any atom is -0.446 e. The number of nitriles is 1. The van der Waals surface area contributed by atoms with Crippen LogP contribution >= 0.6 is 0 Å². The molecule has 0 aromatic rings. The third kappa shape index (κ3) is 7.28. The van der Waals surface area contributed by atoms with Gasteiger partial charge < -0.3 is 20.3 Å². The van der Waals surface area contributed by atoms with Crippen molar-refractivity contribution in [3.8, 4) is 6.07 Å². The summed E-state index contributed by atoms with van der Waals surface area (Å²) in [7, 11) is 1.33. The van der Waals surface area contributed by atoms with E-state index in [0.29, 0.717) is 6.21 Å². The summed E-state index contributed by atoms with van der Waals surface area (Å²) in [6, 6.07) is 0.608. The Bertz CT molecular complexity index is 507. The summed E-state index contributed by atoms with van der Waals surface area (Å²) in [6.45, 7) is 2.86. The minimum atomic E-state index is -1.11. The number of hydrogen-bond acceptors (Lipinski definition) is 6. The van der Waals surface area contributed by atoms with Gasteiger partial charge in [0.25, 0.3) is 0 Å². The van der Waals surface area contributed by atoms with Gasteiger partial charge in [0.15, 0.2) is 6.10 Å². The van der Waals surface area contributed by atoms with Gasteiger partial charge >= 0.3 is 12.2 Å². The predicted octanol–water partition coefficient (Wildman–Crippen LogP) is -0.389. The molecule has 9 heteroatoms. The molecule has 0 fully saturated rings. The van der Waals surface area contributed by atoms with Crippen molar-refractivity contribution in [1.82, 2.24) is 5.32 Å². The molecule has 0 rings (SSSR count). The zero-order valence-corrected chi connectivity index (χ0v) is 12.6. The van der Waals surface area contributed by atoms with Crippen LogP contribution in [-0.2, 0) is 23.9 Å². The number of ketones is 1. The van der Waals surface area contributed by atoms with E-state index in [-0.39, 0.29) is 12.8 Å². The second kappa shape index (κ2) is 10.2. The van der Waals surface area contributed by atoms with Gasteiger partial charge in [-0.05, 0) is 20.3 Å². The van der Waals surface area contributed by atoms with Gasteiger partial charge in [-0.15, -0.1) is 0 Å². The monoisotopic (exact) mass is 310 g/mol. The Morgan fingerprint density at radius 3 is 2.55 bits per heavy atom. The van der Waals surface area contributed by atoms with Gasteiger partial charge in [-0.25, -0.2) is 4.79 Å². The Morgan fingerprint density at radius 1 is 1.41 bits per heavy atom. The summed E-state index contributed by atoms with van der Waals surface area (Å²) < 4.78 is 9.64. The molecule has 0 saturated heterocycles. The van der Waals surface area contributed by atoms with Gasteiger partial charge in [0, 0.05) is 13.5 Å². The smallest absolute Gasteiger partial charge is 0.329 e. The van der Waals surface area contributed by atoms with Gasteiger partial charge in [-0.1, -0.05) is 0 Å². The van der Waals surface area contributed by atoms with Gasteiger partial charge in [0.2, 0.25) is 11.7 Å². The quantitative estimate of drug-likeness (QED) is 0.266. The van der Waals surface area contributed by atoms with Gasteiger partial charge in [0.05, 0.1) is 0 Å². The maximum Gasteiger partial charge on any atom is 0.329 e. The van der Waals surface area contributed by atoms with Crippen LogP contribution in [0.2, 0.25) is 0 Å². The average Bonchev–Trinajstić information content (AvgIpc) is 2.50. The molecule has 0 saturated carbocycles. The molecule has 0 spiro atoms. The molecule has 1 N–H and O–H groups in total. The van der Waals surface area contributed by atoms with Crippen molar-refractivity contribution in [3.63, 3.8) is 0 Å². The van der Waals surface area contributed by atoms with Crippen LogP contribution in [0.15, 0.2) is 0 Å². The first-order chi connectivity index (χ1) is 10.3. The average molecular weight is 310 g/mol. The highest BCUT2D eigenvalue weighted by Crippen LogP contribution is 2.04. The van der Waals surface area contributed by atoms with Crippen molar-refractivity contribution >= 4 is 23.9 Å². The first-order valence-electron chi connectivity index (χ1n) is 6.49. The largest absolute Gasteiger partial charge is 0.446 e. The van der Waals surface area contributed by atoms with Crippen molar-refractivity contribution in [1.29, 1.82) is 5.26 Å². The fourth-order valence-corrected chi connectivity index (χ4v) is 1.34. The standard InChI is InChI=1S/C13H18N4O5/c1-8(6-14)22-13(20)11(5-4-10(18)7-16-15)17-12(19)9(2)21-3/h7-9,11H,4-5H2,1-3H3,(H,17,19)/t8-,9+,11-/m0/s1. The molecular weight excluding hydrogens is 292 g/mol. The lowest BCUT2D eigenvalue weighted by molar-refractivity contribution is -0.151. The number of carbonyl (C=O) groups excluding carboxylic acids is 3. The van der Waals surface area contributed by atoms with Gasteiger partial charge in [0.1, 0.15) is 18.2 Å². The van der Waals surface area contributed by atoms with Crippen molar-refractivity contribution in [2.45, 2.75) is 44.9 Å². The molecule has 0 radical (unpaired) electrons. The first kappa shape index (κ1) is 19.4. The number of amides is 1. The summed E-state index contributed by atoms with van der Waals surface area (Å²) >= 11 is 0. The normalized spacial score (nSPS) is 13.7. The van der Waals surface area contributed by atoms with Crippen LogP contribution in [0.3, 0.4) is 0 Å². The maximum atomic E-state index is 11.9. The van der Waals surface area contributed by atoms with Crippen LogP contribution in [-0.4, -0.2) is 54.0 Å². The number of rotatable bonds is 9. The lowest BCUT2D eigenvalue weighted by atomic mass is 10.1. The SMILES string of the molecule is CO[C@H](C)C(=O)N[C@@H](CCC(=O)C=[N+]=[N-])C(=O)O[C@@H](C)C#N. The van der Waals surface area contributed by atoms with E-state index in [2.05, 4.69) is 10.1 Å². The van der Waals surface area contributed by atoms with Crippen LogP contribution in [0.4, 0.5) is 0 Å². The van der Waals surface area contributed by atoms with E-state index in [1.54, 1.807) is 6.07 Å². The Labute approximate surface area is 127 Å². The highest BCUT2D eigenvalue weighted by Gasteiger charge is 2.26. The summed E-state index contributed by atoms with van der Waals surface area (Å²) in [5.74, 6) is -1.92. The molecule has 0 aliphatic rings. The van der Waals surface area contributed by atoms with Crippen molar-refractivity contribution in [2.24, 2.45) is 0 Å². The Balaban J connectivity index is 4.86. The molecule has 0 aliphatic heterocycles. The molecule has 3 atom stereocenters. The van der Waals surface area contributed by atoms with E-state index in [9.17, 15) is 14.4 Å². The predicted molar refractivity (Wildman–Crippen MR) is 73.5 cm³/mol. The highest BCUT2D eigenvalue weighted by molar-refractivity contribution is 6.25. The molecule has 9 nitrogen and oxygen atoms in total. The summed E-state index contributed by atoms with van der Waals surface area (Å²) in [5, 5.41) is 11.0. The van der Waals surface area contributed by atoms with Crippen LogP contribution < -0.4 is 5.32 Å². The Kier molecular flexibility index (Phi) is 9.02. The Morgan fingerprint density at radius 2 is 2.05 bits per heavy atom. The molecule has 1 amide bonds. The van der Waals surface area contributed by atoms with Crippen LogP contribution in [0, 0.1) is 11.3 Å². The number of carbonyl (C=O) groups is 3. The fraction of sp³-hybridized carbons (Fsp3) is 0.615. The van der Waals surface area contributed by atoms with Crippen LogP contribution in [0.1, 0.15) is 26.7 Å². The molecule has 0 unspecified atom stereocenters. The van der Waals surface area contributed by atoms with E-state index in [0.717, 1.165) is 0 Å². The number of ether oxygens (including phenoxy) is 2. The second-order valence-electron chi connectivity index (χ2n) is 4.40. The molecule has 0 aromatic carbocycles. The van der Waals surface area contributed by atoms with Gasteiger partial charge in [-0.3, -0.25) is 9.59 Å². The van der Waals surface area contributed by atoms with E-state index >= 15 is 0 Å². The van der Waals surface area contributed by atoms with E-state index < -0.39 is 35.9 Å². The minimum absolute atomic E-state index is 0.0655. The second-order valence-corrected chi connectivity index (χ2v) is 4.40. The van der Waals surface area contributed by atoms with Crippen molar-refractivity contribution < 1.29 is 28.6 Å². The number of hydrogen-bond donors (Lipinski definition) is 1. The van der Waals surface area contributed by atoms with E-state index in [1.165, 1.54) is 21.0 Å². The molecule has 22 heavy (non-hydrogen) atoms. The van der Waals surface area contributed by atoms with E-state index in [4.69, 9.17) is 20.3 Å². The number of nitrogens with zero attached hydrogens (tertiary/aromatic N) is 3. The van der Waals surface area contributed by atoms with Crippen molar-refractivity contribution in [2.75, 3.05) is 7.11 Å². The van der Waals surface area contributed by atoms with Crippen molar-refractivity contribution in [3.05, 3.63) is 5.53 Å². The zero-order valence-electron chi connectivity index (χ0n) is 12.6. The third-order valence-corrected chi connectivity index (χ3v) is 2.68. The van der Waals surface area contributed by atoms with Crippen LogP contribution in [0.25, 0.3) is 5.53 Å². The van der Waals surface area contributed by atoms with Crippen LogP contribution in [0.5, 0.6) is 0 Å². The fourth-order valence-electron chi connectivity index (χ4n) is 1.34. The van der Waals surface area contributed by atoms with E-state index in [1.807, 2.05) is 0 Å². The summed E-state index contributed by atoms with van der Waals surface area (Å²) in [5.41, 5.74) is 8.25. The lowest BCUT2D eigenvalue weighted by Crippen LogP contribution is -2.46. The molecular formula is C13H18N4O5. The molecule has 0 bridgehead atoms. The molecule has 0 aliphatic carbocycles. The lowest BCUT2D eigenvalue weighted by Gasteiger charge is -2.19. The highest BCUT2D eigenvalue weighted by atomic mass is 16.5. The molecule has 0 heterocycles.